The van der Waals surface area contributed by atoms with Gasteiger partial charge in [-0.25, -0.2) is 4.79 Å². The molecule has 6 heteroatoms. The molecule has 23 heavy (non-hydrogen) atoms. The van der Waals surface area contributed by atoms with Crippen molar-refractivity contribution in [3.05, 3.63) is 48.6 Å². The smallest absolute Gasteiger partial charge is 0.407 e. The van der Waals surface area contributed by atoms with Crippen molar-refractivity contribution in [3.8, 4) is 0 Å². The molecular weight excluding hydrogens is 313 g/mol. The molecule has 0 saturated heterocycles. The minimum absolute atomic E-state index is 0.197. The van der Waals surface area contributed by atoms with E-state index in [9.17, 15) is 9.36 Å². The molecule has 3 unspecified atom stereocenters. The Morgan fingerprint density at radius 3 is 2.83 bits per heavy atom. The Kier molecular flexibility index (Phi) is 6.43. The lowest BCUT2D eigenvalue weighted by Crippen LogP contribution is -2.39. The third kappa shape index (κ3) is 5.22. The molecule has 0 bridgehead atoms. The first-order valence-electron chi connectivity index (χ1n) is 7.86. The Morgan fingerprint density at radius 2 is 2.22 bits per heavy atom. The topological polar surface area (TPSA) is 64.6 Å². The van der Waals surface area contributed by atoms with Crippen LogP contribution in [0.15, 0.2) is 43.0 Å². The summed E-state index contributed by atoms with van der Waals surface area (Å²) in [4.78, 5) is 12.0. The van der Waals surface area contributed by atoms with E-state index in [1.54, 1.807) is 0 Å². The van der Waals surface area contributed by atoms with Gasteiger partial charge < -0.3 is 14.6 Å². The van der Waals surface area contributed by atoms with Crippen LogP contribution in [0.3, 0.4) is 0 Å². The largest absolute Gasteiger partial charge is 0.445 e. The summed E-state index contributed by atoms with van der Waals surface area (Å²) in [6, 6.07) is 9.52. The number of nitrogens with one attached hydrogen (secondary N) is 1. The zero-order valence-electron chi connectivity index (χ0n) is 13.4. The maximum Gasteiger partial charge on any atom is 0.407 e. The average Bonchev–Trinajstić information content (AvgIpc) is 3.25. The molecule has 1 aromatic rings. The minimum Gasteiger partial charge on any atom is -0.445 e. The van der Waals surface area contributed by atoms with Crippen molar-refractivity contribution in [2.24, 2.45) is 5.92 Å². The van der Waals surface area contributed by atoms with Gasteiger partial charge in [0.2, 0.25) is 0 Å². The molecule has 5 nitrogen and oxygen atoms in total. The number of carbonyl (C=O) groups is 1. The first-order chi connectivity index (χ1) is 11.1. The summed E-state index contributed by atoms with van der Waals surface area (Å²) in [6.45, 7) is 6.29. The van der Waals surface area contributed by atoms with Gasteiger partial charge in [0, 0.05) is 12.1 Å². The minimum atomic E-state index is -2.03. The zero-order chi connectivity index (χ0) is 16.7. The molecule has 1 saturated carbocycles. The van der Waals surface area contributed by atoms with Crippen LogP contribution in [-0.4, -0.2) is 24.4 Å². The number of carbonyl (C=O) groups excluding carboxylic acids is 1. The van der Waals surface area contributed by atoms with Crippen molar-refractivity contribution >= 4 is 14.1 Å². The van der Waals surface area contributed by atoms with Crippen LogP contribution >= 0.6 is 8.03 Å². The van der Waals surface area contributed by atoms with E-state index >= 15 is 0 Å². The molecule has 0 aromatic heterocycles. The van der Waals surface area contributed by atoms with Gasteiger partial charge in [-0.3, -0.25) is 4.57 Å². The van der Waals surface area contributed by atoms with Gasteiger partial charge in [0.25, 0.3) is 0 Å². The molecule has 3 atom stereocenters. The van der Waals surface area contributed by atoms with Gasteiger partial charge in [0.15, 0.2) is 8.03 Å². The molecular formula is C17H24NO4P. The number of hydrogen-bond donors (Lipinski definition) is 1. The Morgan fingerprint density at radius 1 is 1.48 bits per heavy atom. The van der Waals surface area contributed by atoms with E-state index in [0.29, 0.717) is 19.2 Å². The molecule has 2 rings (SSSR count). The fourth-order valence-electron chi connectivity index (χ4n) is 2.66. The summed E-state index contributed by atoms with van der Waals surface area (Å²) in [5, 5.41) is 2.93. The summed E-state index contributed by atoms with van der Waals surface area (Å²) in [5.74, 6) is 0.197. The molecule has 0 aliphatic heterocycles. The van der Waals surface area contributed by atoms with Gasteiger partial charge in [-0.1, -0.05) is 36.4 Å². The maximum atomic E-state index is 12.0. The molecule has 1 N–H and O–H groups in total. The summed E-state index contributed by atoms with van der Waals surface area (Å²) in [7, 11) is -2.03. The lowest BCUT2D eigenvalue weighted by molar-refractivity contribution is 0.133. The first kappa shape index (κ1) is 17.8. The van der Waals surface area contributed by atoms with Crippen LogP contribution in [0.4, 0.5) is 4.79 Å². The Bertz CT molecular complexity index is 563. The number of alkyl carbamates (subject to hydrolysis) is 1. The van der Waals surface area contributed by atoms with Gasteiger partial charge in [-0.05, 0) is 25.3 Å². The van der Waals surface area contributed by atoms with Crippen molar-refractivity contribution < 1.29 is 18.6 Å². The lowest BCUT2D eigenvalue weighted by atomic mass is 10.1. The molecule has 0 spiro atoms. The van der Waals surface area contributed by atoms with Crippen LogP contribution < -0.4 is 5.32 Å². The second-order valence-electron chi connectivity index (χ2n) is 5.69. The third-order valence-electron chi connectivity index (χ3n) is 4.06. The summed E-state index contributed by atoms with van der Waals surface area (Å²) < 4.78 is 22.1. The monoisotopic (exact) mass is 337 g/mol. The van der Waals surface area contributed by atoms with E-state index < -0.39 is 14.1 Å². The van der Waals surface area contributed by atoms with Crippen molar-refractivity contribution in [1.29, 1.82) is 0 Å². The standard InChI is InChI=1S/C17H24NO4P/c1-3-15-12-17(15,10-11-23(20)22-4-2)18-16(19)21-13-14-8-6-5-7-9-14/h3,5-9,15,23H,1,4,10-13H2,2H3,(H,18,19). The highest BCUT2D eigenvalue weighted by Crippen LogP contribution is 2.48. The van der Waals surface area contributed by atoms with Gasteiger partial charge >= 0.3 is 6.09 Å². The molecule has 1 fully saturated rings. The number of amides is 1. The van der Waals surface area contributed by atoms with E-state index in [-0.39, 0.29) is 18.1 Å². The van der Waals surface area contributed by atoms with E-state index in [0.717, 1.165) is 12.0 Å². The number of hydrogen-bond acceptors (Lipinski definition) is 4. The number of benzene rings is 1. The summed E-state index contributed by atoms with van der Waals surface area (Å²) in [6.07, 6.45) is 3.26. The predicted molar refractivity (Wildman–Crippen MR) is 90.9 cm³/mol. The second-order valence-corrected chi connectivity index (χ2v) is 7.23. The van der Waals surface area contributed by atoms with E-state index in [1.807, 2.05) is 43.3 Å². The molecule has 0 heterocycles. The van der Waals surface area contributed by atoms with E-state index in [4.69, 9.17) is 9.26 Å². The van der Waals surface area contributed by atoms with Gasteiger partial charge in [0.05, 0.1) is 12.1 Å². The van der Waals surface area contributed by atoms with Gasteiger partial charge in [0.1, 0.15) is 6.61 Å². The highest BCUT2D eigenvalue weighted by molar-refractivity contribution is 7.39. The second kappa shape index (κ2) is 8.32. The Labute approximate surface area is 137 Å². The normalized spacial score (nSPS) is 23.8. The Balaban J connectivity index is 1.83. The maximum absolute atomic E-state index is 12.0. The average molecular weight is 337 g/mol. The zero-order valence-corrected chi connectivity index (χ0v) is 14.4. The van der Waals surface area contributed by atoms with Gasteiger partial charge in [-0.2, -0.15) is 0 Å². The fourth-order valence-corrected chi connectivity index (χ4v) is 3.77. The lowest BCUT2D eigenvalue weighted by Gasteiger charge is -2.18. The number of ether oxygens (including phenoxy) is 1. The van der Waals surface area contributed by atoms with Crippen molar-refractivity contribution in [1.82, 2.24) is 5.32 Å². The predicted octanol–water partition coefficient (Wildman–Crippen LogP) is 3.76. The van der Waals surface area contributed by atoms with Crippen LogP contribution in [0.1, 0.15) is 25.3 Å². The SMILES string of the molecule is C=CC1CC1(CC[PH](=O)OCC)NC(=O)OCc1ccccc1. The van der Waals surface area contributed by atoms with Gasteiger partial charge in [-0.15, -0.1) is 6.58 Å². The molecule has 0 radical (unpaired) electrons. The Hall–Kier alpha value is -1.58. The van der Waals surface area contributed by atoms with Crippen molar-refractivity contribution in [2.45, 2.75) is 31.9 Å². The first-order valence-corrected chi connectivity index (χ1v) is 9.39. The highest BCUT2D eigenvalue weighted by Gasteiger charge is 2.53. The molecule has 1 aliphatic rings. The number of rotatable bonds is 9. The van der Waals surface area contributed by atoms with Crippen LogP contribution in [0, 0.1) is 5.92 Å². The van der Waals surface area contributed by atoms with Crippen molar-refractivity contribution in [3.63, 3.8) is 0 Å². The van der Waals surface area contributed by atoms with Crippen LogP contribution in [0.5, 0.6) is 0 Å². The molecule has 126 valence electrons. The highest BCUT2D eigenvalue weighted by atomic mass is 31.1. The molecule has 1 amide bonds. The van der Waals surface area contributed by atoms with Crippen LogP contribution in [-0.2, 0) is 20.4 Å². The van der Waals surface area contributed by atoms with Crippen molar-refractivity contribution in [2.75, 3.05) is 12.8 Å². The van der Waals surface area contributed by atoms with E-state index in [1.165, 1.54) is 0 Å². The summed E-state index contributed by atoms with van der Waals surface area (Å²) >= 11 is 0. The van der Waals surface area contributed by atoms with Crippen LogP contribution in [0.2, 0.25) is 0 Å². The summed E-state index contributed by atoms with van der Waals surface area (Å²) in [5.41, 5.74) is 0.557. The fraction of sp³-hybridized carbons (Fsp3) is 0.471. The quantitative estimate of drug-likeness (QED) is 0.550. The molecule has 1 aliphatic carbocycles. The third-order valence-corrected chi connectivity index (χ3v) is 5.33. The van der Waals surface area contributed by atoms with Crippen LogP contribution in [0.25, 0.3) is 0 Å². The molecule has 1 aromatic carbocycles. The van der Waals surface area contributed by atoms with E-state index in [2.05, 4.69) is 11.9 Å².